The highest BCUT2D eigenvalue weighted by Crippen LogP contribution is 2.30. The van der Waals surface area contributed by atoms with Gasteiger partial charge in [-0.25, -0.2) is 8.78 Å². The van der Waals surface area contributed by atoms with Crippen molar-refractivity contribution in [3.05, 3.63) is 40.0 Å². The lowest BCUT2D eigenvalue weighted by atomic mass is 9.95. The zero-order chi connectivity index (χ0) is 16.7. The monoisotopic (exact) mass is 348 g/mol. The summed E-state index contributed by atoms with van der Waals surface area (Å²) in [7, 11) is 0. The molecule has 0 spiro atoms. The molecule has 4 rings (SSSR count). The second-order valence-electron chi connectivity index (χ2n) is 5.75. The lowest BCUT2D eigenvalue weighted by Crippen LogP contribution is -2.11. The zero-order valence-electron chi connectivity index (χ0n) is 12.6. The third kappa shape index (κ3) is 2.66. The molecule has 0 aliphatic heterocycles. The first-order valence-electron chi connectivity index (χ1n) is 7.68. The molecule has 0 saturated carbocycles. The smallest absolute Gasteiger partial charge is 0.291 e. The number of alkyl halides is 2. The Morgan fingerprint density at radius 1 is 1.25 bits per heavy atom. The van der Waals surface area contributed by atoms with Gasteiger partial charge in [-0.05, 0) is 49.4 Å². The average molecular weight is 348 g/mol. The van der Waals surface area contributed by atoms with Gasteiger partial charge in [-0.3, -0.25) is 10.1 Å². The average Bonchev–Trinajstić information content (AvgIpc) is 3.18. The van der Waals surface area contributed by atoms with Crippen molar-refractivity contribution >= 4 is 33.3 Å². The van der Waals surface area contributed by atoms with E-state index < -0.39 is 11.4 Å². The first-order chi connectivity index (χ1) is 11.6. The molecule has 3 aromatic rings. The maximum absolute atomic E-state index is 12.5. The minimum Gasteiger partial charge on any atom is -0.358 e. The summed E-state index contributed by atoms with van der Waals surface area (Å²) in [5.41, 5.74) is 4.03. The molecule has 0 unspecified atom stereocenters. The predicted molar refractivity (Wildman–Crippen MR) is 87.8 cm³/mol. The molecule has 124 valence electrons. The molecular weight excluding hydrogens is 334 g/mol. The molecule has 0 radical (unpaired) electrons. The Morgan fingerprint density at radius 3 is 2.88 bits per heavy atom. The third-order valence-electron chi connectivity index (χ3n) is 4.21. The van der Waals surface area contributed by atoms with Crippen molar-refractivity contribution in [3.63, 3.8) is 0 Å². The van der Waals surface area contributed by atoms with E-state index >= 15 is 0 Å². The molecule has 0 fully saturated rings. The van der Waals surface area contributed by atoms with E-state index in [9.17, 15) is 13.6 Å². The van der Waals surface area contributed by atoms with Crippen LogP contribution in [0.15, 0.2) is 18.2 Å². The van der Waals surface area contributed by atoms with Gasteiger partial charge in [0.2, 0.25) is 5.13 Å². The van der Waals surface area contributed by atoms with Gasteiger partial charge in [0, 0.05) is 22.2 Å². The molecular formula is C16H14F2N4OS. The second kappa shape index (κ2) is 5.94. The largest absolute Gasteiger partial charge is 0.358 e. The lowest BCUT2D eigenvalue weighted by molar-refractivity contribution is 0.102. The van der Waals surface area contributed by atoms with Crippen LogP contribution >= 0.6 is 11.3 Å². The number of anilines is 1. The van der Waals surface area contributed by atoms with E-state index in [1.54, 1.807) is 6.07 Å². The van der Waals surface area contributed by atoms with Crippen molar-refractivity contribution in [1.82, 2.24) is 15.2 Å². The van der Waals surface area contributed by atoms with Gasteiger partial charge in [0.1, 0.15) is 0 Å². The summed E-state index contributed by atoms with van der Waals surface area (Å²) in [6.45, 7) is 0. The summed E-state index contributed by atoms with van der Waals surface area (Å²) in [4.78, 5) is 15.8. The van der Waals surface area contributed by atoms with Crippen molar-refractivity contribution in [2.75, 3.05) is 5.32 Å². The highest BCUT2D eigenvalue weighted by atomic mass is 32.1. The van der Waals surface area contributed by atoms with Crippen molar-refractivity contribution in [2.24, 2.45) is 0 Å². The van der Waals surface area contributed by atoms with E-state index in [1.165, 1.54) is 17.7 Å². The highest BCUT2D eigenvalue weighted by molar-refractivity contribution is 7.15. The topological polar surface area (TPSA) is 70.7 Å². The SMILES string of the molecule is O=C(Nc1nnc(C(F)F)s1)c1ccc2[nH]c3c(c2c1)CCCC3. The van der Waals surface area contributed by atoms with E-state index in [2.05, 4.69) is 20.5 Å². The third-order valence-corrected chi connectivity index (χ3v) is 5.05. The van der Waals surface area contributed by atoms with Gasteiger partial charge in [0.15, 0.2) is 5.01 Å². The van der Waals surface area contributed by atoms with Gasteiger partial charge in [-0.1, -0.05) is 11.3 Å². The summed E-state index contributed by atoms with van der Waals surface area (Å²) in [6, 6.07) is 5.45. The maximum Gasteiger partial charge on any atom is 0.291 e. The van der Waals surface area contributed by atoms with E-state index in [0.29, 0.717) is 16.9 Å². The van der Waals surface area contributed by atoms with Gasteiger partial charge >= 0.3 is 0 Å². The summed E-state index contributed by atoms with van der Waals surface area (Å²) in [5, 5.41) is 10.2. The second-order valence-corrected chi connectivity index (χ2v) is 6.76. The van der Waals surface area contributed by atoms with Crippen molar-refractivity contribution in [3.8, 4) is 0 Å². The molecule has 0 bridgehead atoms. The van der Waals surface area contributed by atoms with Crippen LogP contribution in [-0.4, -0.2) is 21.1 Å². The van der Waals surface area contributed by atoms with Crippen molar-refractivity contribution in [2.45, 2.75) is 32.1 Å². The summed E-state index contributed by atoms with van der Waals surface area (Å²) >= 11 is 0.682. The molecule has 0 atom stereocenters. The fourth-order valence-electron chi connectivity index (χ4n) is 3.09. The molecule has 24 heavy (non-hydrogen) atoms. The van der Waals surface area contributed by atoms with Crippen LogP contribution < -0.4 is 5.32 Å². The van der Waals surface area contributed by atoms with Crippen LogP contribution in [0, 0.1) is 0 Å². The number of aromatic nitrogens is 3. The standard InChI is InChI=1S/C16H14F2N4OS/c17-13(18)15-21-22-16(24-15)20-14(23)8-5-6-12-10(7-8)9-3-1-2-4-11(9)19-12/h5-7,13,19H,1-4H2,(H,20,22,23). The molecule has 1 aliphatic carbocycles. The minimum atomic E-state index is -2.68. The molecule has 2 N–H and O–H groups in total. The fourth-order valence-corrected chi connectivity index (χ4v) is 3.68. The number of hydrogen-bond acceptors (Lipinski definition) is 4. The molecule has 8 heteroatoms. The normalized spacial score (nSPS) is 14.1. The number of carbonyl (C=O) groups excluding carboxylic acids is 1. The van der Waals surface area contributed by atoms with E-state index in [-0.39, 0.29) is 11.0 Å². The number of H-pyrrole nitrogens is 1. The highest BCUT2D eigenvalue weighted by Gasteiger charge is 2.18. The van der Waals surface area contributed by atoms with Crippen LogP contribution in [0.5, 0.6) is 0 Å². The Balaban J connectivity index is 1.61. The zero-order valence-corrected chi connectivity index (χ0v) is 13.4. The van der Waals surface area contributed by atoms with Crippen LogP contribution in [0.2, 0.25) is 0 Å². The number of nitrogens with one attached hydrogen (secondary N) is 2. The fraction of sp³-hybridized carbons (Fsp3) is 0.312. The molecule has 2 aromatic heterocycles. The summed E-state index contributed by atoms with van der Waals surface area (Å²) in [6.07, 6.45) is 1.69. The molecule has 1 aromatic carbocycles. The number of halogens is 2. The Kier molecular flexibility index (Phi) is 3.76. The number of amides is 1. The van der Waals surface area contributed by atoms with E-state index in [1.807, 2.05) is 12.1 Å². The number of aromatic amines is 1. The van der Waals surface area contributed by atoms with Crippen LogP contribution in [0.3, 0.4) is 0 Å². The molecule has 0 saturated heterocycles. The van der Waals surface area contributed by atoms with Crippen LogP contribution in [0.1, 0.15) is 45.9 Å². The van der Waals surface area contributed by atoms with Gasteiger partial charge in [-0.15, -0.1) is 10.2 Å². The van der Waals surface area contributed by atoms with Crippen LogP contribution in [-0.2, 0) is 12.8 Å². The molecule has 2 heterocycles. The van der Waals surface area contributed by atoms with Crippen molar-refractivity contribution < 1.29 is 13.6 Å². The quantitative estimate of drug-likeness (QED) is 0.749. The van der Waals surface area contributed by atoms with E-state index in [0.717, 1.165) is 30.2 Å². The predicted octanol–water partition coefficient (Wildman–Crippen LogP) is 4.09. The first kappa shape index (κ1) is 15.2. The van der Waals surface area contributed by atoms with Crippen LogP contribution in [0.25, 0.3) is 10.9 Å². The van der Waals surface area contributed by atoms with Gasteiger partial charge < -0.3 is 4.98 Å². The van der Waals surface area contributed by atoms with Crippen molar-refractivity contribution in [1.29, 1.82) is 0 Å². The Labute approximate surface area is 140 Å². The molecule has 1 amide bonds. The summed E-state index contributed by atoms with van der Waals surface area (Å²) in [5.74, 6) is -0.375. The number of fused-ring (bicyclic) bond motifs is 3. The molecule has 5 nitrogen and oxygen atoms in total. The number of carbonyl (C=O) groups is 1. The van der Waals surface area contributed by atoms with Gasteiger partial charge in [0.05, 0.1) is 0 Å². The maximum atomic E-state index is 12.5. The van der Waals surface area contributed by atoms with E-state index in [4.69, 9.17) is 0 Å². The first-order valence-corrected chi connectivity index (χ1v) is 8.50. The number of aryl methyl sites for hydroxylation is 2. The minimum absolute atomic E-state index is 0.0755. The Hall–Kier alpha value is -2.35. The number of nitrogens with zero attached hydrogens (tertiary/aromatic N) is 2. The summed E-state index contributed by atoms with van der Waals surface area (Å²) < 4.78 is 25.1. The van der Waals surface area contributed by atoms with Gasteiger partial charge in [-0.2, -0.15) is 0 Å². The number of rotatable bonds is 3. The Bertz CT molecular complexity index is 918. The lowest BCUT2D eigenvalue weighted by Gasteiger charge is -2.10. The Morgan fingerprint density at radius 2 is 2.08 bits per heavy atom. The van der Waals surface area contributed by atoms with Crippen LogP contribution in [0.4, 0.5) is 13.9 Å². The molecule has 1 aliphatic rings. The number of benzene rings is 1. The van der Waals surface area contributed by atoms with Gasteiger partial charge in [0.25, 0.3) is 12.3 Å². The number of hydrogen-bond donors (Lipinski definition) is 2.